The van der Waals surface area contributed by atoms with E-state index >= 15 is 0 Å². The van der Waals surface area contributed by atoms with Gasteiger partial charge in [-0.3, -0.25) is 4.79 Å². The Bertz CT molecular complexity index is 1070. The van der Waals surface area contributed by atoms with Crippen molar-refractivity contribution >= 4 is 15.9 Å². The normalized spacial score (nSPS) is 12.3. The smallest absolute Gasteiger partial charge is 0.268 e. The van der Waals surface area contributed by atoms with E-state index in [0.717, 1.165) is 30.3 Å². The van der Waals surface area contributed by atoms with Crippen LogP contribution >= 0.6 is 0 Å². The first-order valence-corrected chi connectivity index (χ1v) is 9.08. The van der Waals surface area contributed by atoms with Gasteiger partial charge in [-0.1, -0.05) is 24.1 Å². The summed E-state index contributed by atoms with van der Waals surface area (Å²) in [5.74, 6) is 0.203. The summed E-state index contributed by atoms with van der Waals surface area (Å²) in [6.07, 6.45) is -4.83. The molecule has 0 fully saturated rings. The highest BCUT2D eigenvalue weighted by atomic mass is 32.2. The molecular formula is C18H11F6NO3S. The maximum Gasteiger partial charge on any atom is 0.417 e. The lowest BCUT2D eigenvalue weighted by atomic mass is 10.1. The lowest BCUT2D eigenvalue weighted by molar-refractivity contribution is -0.138. The molecular weight excluding hydrogens is 424 g/mol. The summed E-state index contributed by atoms with van der Waals surface area (Å²) in [5.41, 5.74) is -3.74. The fourth-order valence-corrected chi connectivity index (χ4v) is 3.70. The third-order valence-corrected chi connectivity index (χ3v) is 5.40. The molecule has 0 aliphatic heterocycles. The molecule has 0 spiro atoms. The number of nitrogens with zero attached hydrogens (tertiary/aromatic N) is 1. The van der Waals surface area contributed by atoms with Crippen LogP contribution in [0.1, 0.15) is 21.5 Å². The summed E-state index contributed by atoms with van der Waals surface area (Å²) in [5, 5.41) is 0. The molecule has 0 aliphatic rings. The number of benzene rings is 2. The molecule has 0 aromatic heterocycles. The quantitative estimate of drug-likeness (QED) is 0.535. The van der Waals surface area contributed by atoms with Crippen LogP contribution in [-0.4, -0.2) is 25.2 Å². The molecule has 4 nitrogen and oxygen atoms in total. The zero-order valence-electron chi connectivity index (χ0n) is 14.3. The minimum absolute atomic E-state index is 0.0763. The van der Waals surface area contributed by atoms with E-state index in [1.807, 2.05) is 5.92 Å². The van der Waals surface area contributed by atoms with E-state index in [-0.39, 0.29) is 10.4 Å². The fourth-order valence-electron chi connectivity index (χ4n) is 2.36. The SMILES string of the molecule is C#CCN(C(=O)c1ccccc1C(F)(F)F)S(=O)(=O)c1cccc(C(F)(F)F)c1. The molecule has 0 aliphatic carbocycles. The predicted octanol–water partition coefficient (Wildman–Crippen LogP) is 4.19. The van der Waals surface area contributed by atoms with Crippen molar-refractivity contribution in [2.45, 2.75) is 17.2 Å². The number of hydrogen-bond donors (Lipinski definition) is 0. The van der Waals surface area contributed by atoms with Crippen molar-refractivity contribution in [2.75, 3.05) is 6.54 Å². The summed E-state index contributed by atoms with van der Waals surface area (Å²) < 4.78 is 104. The highest BCUT2D eigenvalue weighted by Crippen LogP contribution is 2.34. The Hall–Kier alpha value is -3.00. The van der Waals surface area contributed by atoms with E-state index in [2.05, 4.69) is 0 Å². The Morgan fingerprint density at radius 1 is 0.966 bits per heavy atom. The highest BCUT2D eigenvalue weighted by Gasteiger charge is 2.39. The van der Waals surface area contributed by atoms with Crippen molar-refractivity contribution in [3.05, 3.63) is 65.2 Å². The van der Waals surface area contributed by atoms with Crippen molar-refractivity contribution in [3.8, 4) is 12.3 Å². The van der Waals surface area contributed by atoms with Gasteiger partial charge in [-0.15, -0.1) is 6.42 Å². The topological polar surface area (TPSA) is 54.5 Å². The minimum atomic E-state index is -4.98. The van der Waals surface area contributed by atoms with Crippen LogP contribution in [0.5, 0.6) is 0 Å². The molecule has 2 aromatic carbocycles. The Labute approximate surface area is 161 Å². The Balaban J connectivity index is 2.61. The number of hydrogen-bond acceptors (Lipinski definition) is 3. The monoisotopic (exact) mass is 435 g/mol. The van der Waals surface area contributed by atoms with Crippen molar-refractivity contribution in [2.24, 2.45) is 0 Å². The second-order valence-corrected chi connectivity index (χ2v) is 7.45. The van der Waals surface area contributed by atoms with Gasteiger partial charge in [0.15, 0.2) is 0 Å². The summed E-state index contributed by atoms with van der Waals surface area (Å²) in [7, 11) is -4.98. The van der Waals surface area contributed by atoms with Gasteiger partial charge in [-0.05, 0) is 30.3 Å². The van der Waals surface area contributed by atoms with E-state index in [4.69, 9.17) is 6.42 Å². The molecule has 0 unspecified atom stereocenters. The van der Waals surface area contributed by atoms with Gasteiger partial charge in [0.1, 0.15) is 0 Å². The van der Waals surface area contributed by atoms with Crippen LogP contribution in [0.15, 0.2) is 53.4 Å². The lowest BCUT2D eigenvalue weighted by Gasteiger charge is -2.22. The van der Waals surface area contributed by atoms with E-state index in [9.17, 15) is 39.6 Å². The average Bonchev–Trinajstić information content (AvgIpc) is 2.64. The second-order valence-electron chi connectivity index (χ2n) is 5.59. The third kappa shape index (κ3) is 4.71. The van der Waals surface area contributed by atoms with E-state index in [0.29, 0.717) is 12.1 Å². The van der Waals surface area contributed by atoms with Crippen LogP contribution in [0.3, 0.4) is 0 Å². The molecule has 0 heterocycles. The van der Waals surface area contributed by atoms with Crippen LogP contribution in [0.2, 0.25) is 0 Å². The molecule has 11 heteroatoms. The van der Waals surface area contributed by atoms with Crippen LogP contribution in [0.25, 0.3) is 0 Å². The second kappa shape index (κ2) is 7.79. The van der Waals surface area contributed by atoms with Gasteiger partial charge in [-0.25, -0.2) is 12.7 Å². The first kappa shape index (κ1) is 22.3. The number of amides is 1. The van der Waals surface area contributed by atoms with Crippen molar-refractivity contribution < 1.29 is 39.6 Å². The number of carbonyl (C=O) groups excluding carboxylic acids is 1. The molecule has 2 aromatic rings. The average molecular weight is 435 g/mol. The molecule has 0 saturated carbocycles. The summed E-state index contributed by atoms with van der Waals surface area (Å²) in [4.78, 5) is 11.7. The van der Waals surface area contributed by atoms with Crippen LogP contribution in [-0.2, 0) is 22.4 Å². The molecule has 0 N–H and O–H groups in total. The van der Waals surface area contributed by atoms with E-state index in [1.54, 1.807) is 0 Å². The van der Waals surface area contributed by atoms with Gasteiger partial charge in [0.2, 0.25) is 0 Å². The number of rotatable bonds is 4. The van der Waals surface area contributed by atoms with Gasteiger partial charge < -0.3 is 0 Å². The molecule has 1 amide bonds. The highest BCUT2D eigenvalue weighted by molar-refractivity contribution is 7.89. The minimum Gasteiger partial charge on any atom is -0.268 e. The van der Waals surface area contributed by atoms with Crippen LogP contribution < -0.4 is 0 Å². The molecule has 154 valence electrons. The third-order valence-electron chi connectivity index (χ3n) is 3.67. The van der Waals surface area contributed by atoms with Crippen molar-refractivity contribution in [1.29, 1.82) is 0 Å². The molecule has 29 heavy (non-hydrogen) atoms. The molecule has 0 bridgehead atoms. The van der Waals surface area contributed by atoms with Crippen LogP contribution in [0.4, 0.5) is 26.3 Å². The summed E-state index contributed by atoms with van der Waals surface area (Å²) >= 11 is 0. The van der Waals surface area contributed by atoms with Gasteiger partial charge in [0.05, 0.1) is 28.1 Å². The van der Waals surface area contributed by atoms with Gasteiger partial charge in [0, 0.05) is 0 Å². The van der Waals surface area contributed by atoms with Gasteiger partial charge >= 0.3 is 12.4 Å². The Morgan fingerprint density at radius 3 is 2.14 bits per heavy atom. The van der Waals surface area contributed by atoms with Crippen molar-refractivity contribution in [3.63, 3.8) is 0 Å². The lowest BCUT2D eigenvalue weighted by Crippen LogP contribution is -2.38. The standard InChI is InChI=1S/C18H11F6NO3S/c1-2-10-25(16(26)14-8-3-4-9-15(14)18(22,23)24)29(27,28)13-7-5-6-12(11-13)17(19,20)21/h1,3-9,11H,10H2. The number of terminal acetylenes is 1. The number of halogens is 6. The first-order valence-electron chi connectivity index (χ1n) is 7.64. The van der Waals surface area contributed by atoms with Crippen LogP contribution in [0, 0.1) is 12.3 Å². The van der Waals surface area contributed by atoms with Gasteiger partial charge in [0.25, 0.3) is 15.9 Å². The predicted molar refractivity (Wildman–Crippen MR) is 89.9 cm³/mol. The zero-order chi connectivity index (χ0) is 22.0. The fraction of sp³-hybridized carbons (Fsp3) is 0.167. The first-order chi connectivity index (χ1) is 13.3. The van der Waals surface area contributed by atoms with Crippen molar-refractivity contribution in [1.82, 2.24) is 4.31 Å². The largest absolute Gasteiger partial charge is 0.417 e. The Morgan fingerprint density at radius 2 is 1.59 bits per heavy atom. The molecule has 2 rings (SSSR count). The molecule has 0 radical (unpaired) electrons. The van der Waals surface area contributed by atoms with E-state index in [1.165, 1.54) is 0 Å². The maximum atomic E-state index is 13.2. The van der Waals surface area contributed by atoms with Gasteiger partial charge in [-0.2, -0.15) is 26.3 Å². The molecule has 0 saturated heterocycles. The number of sulfonamides is 1. The summed E-state index contributed by atoms with van der Waals surface area (Å²) in [6.45, 7) is -0.983. The Kier molecular flexibility index (Phi) is 5.99. The summed E-state index contributed by atoms with van der Waals surface area (Å²) in [6, 6.07) is 5.82. The number of carbonyl (C=O) groups is 1. The molecule has 0 atom stereocenters. The maximum absolute atomic E-state index is 13.2. The number of alkyl halides is 6. The zero-order valence-corrected chi connectivity index (χ0v) is 15.1. The van der Waals surface area contributed by atoms with E-state index < -0.39 is 56.4 Å².